The third-order valence-corrected chi connectivity index (χ3v) is 7.69. The smallest absolute Gasteiger partial charge is 0.306 e. The predicted octanol–water partition coefficient (Wildman–Crippen LogP) is 0.635. The van der Waals surface area contributed by atoms with Crippen LogP contribution in [0.2, 0.25) is 0 Å². The van der Waals surface area contributed by atoms with Gasteiger partial charge in [0.05, 0.1) is 13.2 Å². The molecule has 0 amide bonds. The van der Waals surface area contributed by atoms with Gasteiger partial charge in [0.25, 0.3) is 0 Å². The van der Waals surface area contributed by atoms with E-state index in [1.165, 1.54) is 57.8 Å². The topological polar surface area (TPSA) is 196 Å². The number of hydrogen-bond acceptors (Lipinski definition) is 12. The normalized spacial score (nSPS) is 34.6. The van der Waals surface area contributed by atoms with Crippen molar-refractivity contribution in [3.8, 4) is 0 Å². The highest BCUT2D eigenvalue weighted by Gasteiger charge is 2.51. The molecule has 2 heterocycles. The molecule has 2 aliphatic rings. The number of esters is 1. The minimum Gasteiger partial charge on any atom is -0.457 e. The number of unbranched alkanes of at least 4 members (excludes halogenated alkanes) is 12. The third-order valence-electron chi connectivity index (χ3n) is 7.69. The average molecular weight is 581 g/mol. The second kappa shape index (κ2) is 19.3. The van der Waals surface area contributed by atoms with Gasteiger partial charge >= 0.3 is 5.97 Å². The second-order valence-corrected chi connectivity index (χ2v) is 11.0. The van der Waals surface area contributed by atoms with Crippen molar-refractivity contribution in [3.63, 3.8) is 0 Å². The van der Waals surface area contributed by atoms with Crippen molar-refractivity contribution in [2.45, 2.75) is 158 Å². The summed E-state index contributed by atoms with van der Waals surface area (Å²) in [6.45, 7) is 0.870. The van der Waals surface area contributed by atoms with E-state index in [0.717, 1.165) is 19.3 Å². The number of rotatable bonds is 19. The number of hydrogen-bond donors (Lipinski definition) is 7. The van der Waals surface area contributed by atoms with E-state index in [0.29, 0.717) is 6.42 Å². The van der Waals surface area contributed by atoms with Gasteiger partial charge in [-0.25, -0.2) is 0 Å². The van der Waals surface area contributed by atoms with Gasteiger partial charge in [0.2, 0.25) is 0 Å². The van der Waals surface area contributed by atoms with Crippen molar-refractivity contribution in [3.05, 3.63) is 0 Å². The highest BCUT2D eigenvalue weighted by molar-refractivity contribution is 5.69. The summed E-state index contributed by atoms with van der Waals surface area (Å²) < 4.78 is 21.4. The minimum absolute atomic E-state index is 0.125. The Balaban J connectivity index is 1.68. The first-order valence-electron chi connectivity index (χ1n) is 15.0. The lowest BCUT2D eigenvalue weighted by molar-refractivity contribution is -0.376. The minimum atomic E-state index is -1.76. The lowest BCUT2D eigenvalue weighted by Crippen LogP contribution is -2.64. The standard InChI is InChI=1S/C28H52O12/c1-2-3-4-5-6-7-8-9-10-11-12-13-14-15-20(31)39-26-19(17-30)38-28(25(36)23(26)34)40-27-24(35)22(33)21(32)18(16-29)37-27/h18-19,21-30,32-36H,2-17H2,1H3/t18-,19-,21+,22+,23-,24-,25+,26-,27+,28-/m1/s1. The first-order chi connectivity index (χ1) is 19.2. The van der Waals surface area contributed by atoms with Gasteiger partial charge in [-0.05, 0) is 6.42 Å². The summed E-state index contributed by atoms with van der Waals surface area (Å²) in [6.07, 6.45) is -0.273. The van der Waals surface area contributed by atoms with Gasteiger partial charge in [-0.3, -0.25) is 4.79 Å². The largest absolute Gasteiger partial charge is 0.457 e. The molecule has 0 saturated carbocycles. The molecule has 12 nitrogen and oxygen atoms in total. The molecule has 0 aliphatic carbocycles. The quantitative estimate of drug-likeness (QED) is 0.0833. The molecule has 0 aromatic carbocycles. The molecule has 0 aromatic rings. The summed E-state index contributed by atoms with van der Waals surface area (Å²) in [5, 5.41) is 70.2. The fraction of sp³-hybridized carbons (Fsp3) is 0.964. The van der Waals surface area contributed by atoms with Crippen molar-refractivity contribution in [1.29, 1.82) is 0 Å². The van der Waals surface area contributed by atoms with Crippen LogP contribution in [0.25, 0.3) is 0 Å². The highest BCUT2D eigenvalue weighted by Crippen LogP contribution is 2.29. The highest BCUT2D eigenvalue weighted by atomic mass is 16.8. The molecule has 10 atom stereocenters. The maximum absolute atomic E-state index is 12.4. The molecule has 0 spiro atoms. The SMILES string of the molecule is CCCCCCCCCCCCCCCC(=O)O[C@H]1[C@H](O)[C@H](O)[C@@H](O[C@@H]2O[C@H](CO)[C@H](O)[C@H](O)[C@H]2O)O[C@@H]1CO. The van der Waals surface area contributed by atoms with Crippen LogP contribution < -0.4 is 0 Å². The van der Waals surface area contributed by atoms with Crippen LogP contribution in [0.3, 0.4) is 0 Å². The second-order valence-electron chi connectivity index (χ2n) is 11.0. The van der Waals surface area contributed by atoms with Gasteiger partial charge < -0.3 is 54.7 Å². The summed E-state index contributed by atoms with van der Waals surface area (Å²) >= 11 is 0. The van der Waals surface area contributed by atoms with Gasteiger partial charge in [0, 0.05) is 6.42 Å². The zero-order valence-electron chi connectivity index (χ0n) is 23.8. The van der Waals surface area contributed by atoms with Crippen LogP contribution in [0.1, 0.15) is 96.8 Å². The maximum Gasteiger partial charge on any atom is 0.306 e. The van der Waals surface area contributed by atoms with Gasteiger partial charge in [-0.15, -0.1) is 0 Å². The molecule has 236 valence electrons. The third kappa shape index (κ3) is 11.0. The Hall–Kier alpha value is -0.930. The lowest BCUT2D eigenvalue weighted by Gasteiger charge is -2.45. The number of aliphatic hydroxyl groups is 7. The van der Waals surface area contributed by atoms with Crippen LogP contribution in [-0.4, -0.2) is 116 Å². The van der Waals surface area contributed by atoms with Crippen molar-refractivity contribution in [2.75, 3.05) is 13.2 Å². The summed E-state index contributed by atoms with van der Waals surface area (Å²) in [5.41, 5.74) is 0. The van der Waals surface area contributed by atoms with Gasteiger partial charge in [-0.1, -0.05) is 84.0 Å². The Morgan fingerprint density at radius 1 is 0.600 bits per heavy atom. The molecule has 7 N–H and O–H groups in total. The summed E-state index contributed by atoms with van der Waals surface area (Å²) in [4.78, 5) is 12.4. The van der Waals surface area contributed by atoms with E-state index in [1.807, 2.05) is 0 Å². The van der Waals surface area contributed by atoms with E-state index in [4.69, 9.17) is 18.9 Å². The Kier molecular flexibility index (Phi) is 17.0. The number of carbonyl (C=O) groups is 1. The van der Waals surface area contributed by atoms with E-state index in [9.17, 15) is 40.5 Å². The molecule has 0 aromatic heterocycles. The van der Waals surface area contributed by atoms with Crippen molar-refractivity contribution in [1.82, 2.24) is 0 Å². The monoisotopic (exact) mass is 580 g/mol. The molecular formula is C28H52O12. The van der Waals surface area contributed by atoms with Gasteiger partial charge in [-0.2, -0.15) is 0 Å². The molecule has 12 heteroatoms. The fourth-order valence-corrected chi connectivity index (χ4v) is 5.12. The Bertz CT molecular complexity index is 678. The number of carbonyl (C=O) groups excluding carboxylic acids is 1. The summed E-state index contributed by atoms with van der Waals surface area (Å²) in [5.74, 6) is -0.588. The predicted molar refractivity (Wildman–Crippen MR) is 143 cm³/mol. The molecule has 0 radical (unpaired) electrons. The van der Waals surface area contributed by atoms with Crippen molar-refractivity contribution < 1.29 is 59.5 Å². The zero-order chi connectivity index (χ0) is 29.5. The Morgan fingerprint density at radius 3 is 1.55 bits per heavy atom. The van der Waals surface area contributed by atoms with Crippen LogP contribution in [0.15, 0.2) is 0 Å². The first-order valence-corrected chi connectivity index (χ1v) is 15.0. The lowest BCUT2D eigenvalue weighted by atomic mass is 9.98. The zero-order valence-corrected chi connectivity index (χ0v) is 23.8. The van der Waals surface area contributed by atoms with Crippen LogP contribution in [0, 0.1) is 0 Å². The van der Waals surface area contributed by atoms with Crippen LogP contribution in [0.4, 0.5) is 0 Å². The van der Waals surface area contributed by atoms with E-state index >= 15 is 0 Å². The van der Waals surface area contributed by atoms with Gasteiger partial charge in [0.1, 0.15) is 42.7 Å². The van der Waals surface area contributed by atoms with E-state index in [2.05, 4.69) is 6.92 Å². The van der Waals surface area contributed by atoms with Crippen LogP contribution >= 0.6 is 0 Å². The number of aliphatic hydroxyl groups excluding tert-OH is 7. The van der Waals surface area contributed by atoms with Crippen molar-refractivity contribution >= 4 is 5.97 Å². The molecular weight excluding hydrogens is 528 g/mol. The molecule has 0 unspecified atom stereocenters. The van der Waals surface area contributed by atoms with Gasteiger partial charge in [0.15, 0.2) is 18.7 Å². The fourth-order valence-electron chi connectivity index (χ4n) is 5.12. The van der Waals surface area contributed by atoms with Crippen LogP contribution in [-0.2, 0) is 23.7 Å². The summed E-state index contributed by atoms with van der Waals surface area (Å²) in [6, 6.07) is 0. The molecule has 0 bridgehead atoms. The first kappa shape index (κ1) is 35.3. The van der Waals surface area contributed by atoms with E-state index < -0.39 is 80.6 Å². The maximum atomic E-state index is 12.4. The van der Waals surface area contributed by atoms with E-state index in [1.54, 1.807) is 0 Å². The Morgan fingerprint density at radius 2 is 1.05 bits per heavy atom. The summed E-state index contributed by atoms with van der Waals surface area (Å²) in [7, 11) is 0. The van der Waals surface area contributed by atoms with Crippen LogP contribution in [0.5, 0.6) is 0 Å². The molecule has 2 saturated heterocycles. The van der Waals surface area contributed by atoms with Crippen molar-refractivity contribution in [2.24, 2.45) is 0 Å². The molecule has 2 fully saturated rings. The molecule has 2 rings (SSSR count). The molecule has 2 aliphatic heterocycles. The molecule has 40 heavy (non-hydrogen) atoms. The Labute approximate surface area is 237 Å². The van der Waals surface area contributed by atoms with E-state index in [-0.39, 0.29) is 6.42 Å². The number of ether oxygens (including phenoxy) is 4. The average Bonchev–Trinajstić information content (AvgIpc) is 2.95.